The van der Waals surface area contributed by atoms with Crippen molar-refractivity contribution in [1.29, 1.82) is 0 Å². The van der Waals surface area contributed by atoms with E-state index in [4.69, 9.17) is 14.0 Å². The van der Waals surface area contributed by atoms with Crippen LogP contribution in [0.1, 0.15) is 80.9 Å². The maximum absolute atomic E-state index is 7.04. The number of hydrogen-bond acceptors (Lipinski definition) is 5. The standard InChI is InChI=1S/C24H45N2O3P/c1-11-27-24(28-12-2)23(22-16-14-13-15-17-22)29-30(25(18(3)4)19(5)6)26(20(7)8)21(9)10/h13-21,23-24H,11-12H2,1-10H3. The molecule has 0 fully saturated rings. The Labute approximate surface area is 187 Å². The maximum Gasteiger partial charge on any atom is 0.189 e. The van der Waals surface area contributed by atoms with E-state index in [1.807, 2.05) is 32.0 Å². The summed E-state index contributed by atoms with van der Waals surface area (Å²) in [7, 11) is -1.06. The van der Waals surface area contributed by atoms with Gasteiger partial charge in [0.2, 0.25) is 0 Å². The van der Waals surface area contributed by atoms with Crippen molar-refractivity contribution in [2.45, 2.75) is 106 Å². The van der Waals surface area contributed by atoms with E-state index in [0.29, 0.717) is 37.4 Å². The largest absolute Gasteiger partial charge is 0.350 e. The fourth-order valence-corrected chi connectivity index (χ4v) is 6.24. The van der Waals surface area contributed by atoms with Gasteiger partial charge in [-0.05, 0) is 74.8 Å². The first-order chi connectivity index (χ1) is 14.1. The molecule has 0 saturated carbocycles. The molecule has 0 amide bonds. The Balaban J connectivity index is 3.48. The maximum atomic E-state index is 7.04. The SMILES string of the molecule is CCOC(OCC)C(OP(N(C(C)C)C(C)C)N(C(C)C)C(C)C)c1ccccc1. The molecular formula is C24H45N2O3P. The van der Waals surface area contributed by atoms with Crippen molar-refractivity contribution in [3.8, 4) is 0 Å². The minimum atomic E-state index is -1.06. The average molecular weight is 441 g/mol. The smallest absolute Gasteiger partial charge is 0.189 e. The highest BCUT2D eigenvalue weighted by molar-refractivity contribution is 7.47. The zero-order chi connectivity index (χ0) is 22.8. The van der Waals surface area contributed by atoms with E-state index in [9.17, 15) is 0 Å². The molecule has 5 nitrogen and oxygen atoms in total. The number of benzene rings is 1. The fourth-order valence-electron chi connectivity index (χ4n) is 3.77. The molecule has 6 heteroatoms. The van der Waals surface area contributed by atoms with Crippen LogP contribution in [0.5, 0.6) is 0 Å². The van der Waals surface area contributed by atoms with E-state index in [0.717, 1.165) is 5.56 Å². The predicted molar refractivity (Wildman–Crippen MR) is 128 cm³/mol. The second kappa shape index (κ2) is 13.8. The summed E-state index contributed by atoms with van der Waals surface area (Å²) < 4.78 is 24.1. The molecule has 1 aromatic rings. The Morgan fingerprint density at radius 1 is 0.700 bits per heavy atom. The lowest BCUT2D eigenvalue weighted by Gasteiger charge is -2.47. The van der Waals surface area contributed by atoms with Gasteiger partial charge in [0, 0.05) is 37.4 Å². The van der Waals surface area contributed by atoms with Crippen molar-refractivity contribution < 1.29 is 14.0 Å². The van der Waals surface area contributed by atoms with Gasteiger partial charge in [0.25, 0.3) is 0 Å². The molecule has 1 aromatic carbocycles. The molecule has 1 rings (SSSR count). The van der Waals surface area contributed by atoms with Crippen LogP contribution >= 0.6 is 8.45 Å². The number of hydrogen-bond donors (Lipinski definition) is 0. The fraction of sp³-hybridized carbons (Fsp3) is 0.750. The third kappa shape index (κ3) is 7.85. The van der Waals surface area contributed by atoms with Crippen molar-refractivity contribution in [2.24, 2.45) is 0 Å². The molecule has 0 saturated heterocycles. The highest BCUT2D eigenvalue weighted by atomic mass is 31.2. The van der Waals surface area contributed by atoms with Crippen LogP contribution in [0.25, 0.3) is 0 Å². The van der Waals surface area contributed by atoms with Gasteiger partial charge in [-0.15, -0.1) is 0 Å². The van der Waals surface area contributed by atoms with Gasteiger partial charge < -0.3 is 14.0 Å². The first kappa shape index (κ1) is 27.5. The van der Waals surface area contributed by atoms with Crippen molar-refractivity contribution in [2.75, 3.05) is 13.2 Å². The van der Waals surface area contributed by atoms with Crippen LogP contribution in [0.3, 0.4) is 0 Å². The van der Waals surface area contributed by atoms with Gasteiger partial charge in [-0.3, -0.25) is 0 Å². The predicted octanol–water partition coefficient (Wildman–Crippen LogP) is 6.61. The highest BCUT2D eigenvalue weighted by Crippen LogP contribution is 2.54. The first-order valence-electron chi connectivity index (χ1n) is 11.5. The lowest BCUT2D eigenvalue weighted by atomic mass is 10.1. The Kier molecular flexibility index (Phi) is 12.6. The van der Waals surface area contributed by atoms with Crippen LogP contribution in [0.4, 0.5) is 0 Å². The number of ether oxygens (including phenoxy) is 2. The van der Waals surface area contributed by atoms with E-state index >= 15 is 0 Å². The molecular weight excluding hydrogens is 395 g/mol. The van der Waals surface area contributed by atoms with Crippen LogP contribution in [0, 0.1) is 0 Å². The summed E-state index contributed by atoms with van der Waals surface area (Å²) >= 11 is 0. The summed E-state index contributed by atoms with van der Waals surface area (Å²) in [5.41, 5.74) is 1.08. The van der Waals surface area contributed by atoms with E-state index in [1.165, 1.54) is 0 Å². The molecule has 0 radical (unpaired) electrons. The molecule has 0 aliphatic rings. The second-order valence-electron chi connectivity index (χ2n) is 8.60. The monoisotopic (exact) mass is 440 g/mol. The summed E-state index contributed by atoms with van der Waals surface area (Å²) in [5, 5.41) is 0. The third-order valence-corrected chi connectivity index (χ3v) is 7.81. The normalized spacial score (nSPS) is 13.9. The molecule has 0 heterocycles. The lowest BCUT2D eigenvalue weighted by Crippen LogP contribution is -2.44. The third-order valence-electron chi connectivity index (χ3n) is 4.76. The second-order valence-corrected chi connectivity index (χ2v) is 10.2. The zero-order valence-corrected chi connectivity index (χ0v) is 21.7. The van der Waals surface area contributed by atoms with Gasteiger partial charge >= 0.3 is 0 Å². The number of rotatable bonds is 14. The van der Waals surface area contributed by atoms with Crippen LogP contribution in [-0.2, 0) is 14.0 Å². The van der Waals surface area contributed by atoms with Crippen molar-refractivity contribution in [3.05, 3.63) is 35.9 Å². The van der Waals surface area contributed by atoms with E-state index < -0.39 is 14.7 Å². The van der Waals surface area contributed by atoms with Gasteiger partial charge in [0.15, 0.2) is 14.7 Å². The molecule has 0 aromatic heterocycles. The summed E-state index contributed by atoms with van der Waals surface area (Å²) in [4.78, 5) is 0. The van der Waals surface area contributed by atoms with Crippen LogP contribution in [0.15, 0.2) is 30.3 Å². The topological polar surface area (TPSA) is 34.2 Å². The van der Waals surface area contributed by atoms with Crippen molar-refractivity contribution in [3.63, 3.8) is 0 Å². The summed E-state index contributed by atoms with van der Waals surface area (Å²) in [6.45, 7) is 23.1. The van der Waals surface area contributed by atoms with E-state index in [1.54, 1.807) is 0 Å². The molecule has 0 aliphatic heterocycles. The van der Waals surface area contributed by atoms with Gasteiger partial charge in [-0.1, -0.05) is 30.3 Å². The van der Waals surface area contributed by atoms with Gasteiger partial charge in [-0.25, -0.2) is 9.34 Å². The Hall–Kier alpha value is -0.550. The van der Waals surface area contributed by atoms with Crippen LogP contribution in [-0.4, -0.2) is 53.0 Å². The summed E-state index contributed by atoms with van der Waals surface area (Å²) in [6, 6.07) is 11.7. The first-order valence-corrected chi connectivity index (χ1v) is 12.6. The van der Waals surface area contributed by atoms with Gasteiger partial charge in [-0.2, -0.15) is 0 Å². The number of nitrogens with zero attached hydrogens (tertiary/aromatic N) is 2. The quantitative estimate of drug-likeness (QED) is 0.240. The Morgan fingerprint density at radius 2 is 1.10 bits per heavy atom. The molecule has 0 spiro atoms. The summed E-state index contributed by atoms with van der Waals surface area (Å²) in [6.07, 6.45) is -0.757. The van der Waals surface area contributed by atoms with Crippen LogP contribution < -0.4 is 0 Å². The van der Waals surface area contributed by atoms with Crippen LogP contribution in [0.2, 0.25) is 0 Å². The molecule has 0 aliphatic carbocycles. The Morgan fingerprint density at radius 3 is 1.43 bits per heavy atom. The molecule has 174 valence electrons. The van der Waals surface area contributed by atoms with Crippen molar-refractivity contribution >= 4 is 8.45 Å². The highest BCUT2D eigenvalue weighted by Gasteiger charge is 2.39. The van der Waals surface area contributed by atoms with E-state index in [-0.39, 0.29) is 6.10 Å². The average Bonchev–Trinajstić information content (AvgIpc) is 2.65. The van der Waals surface area contributed by atoms with Crippen molar-refractivity contribution in [1.82, 2.24) is 9.34 Å². The minimum absolute atomic E-state index is 0.308. The van der Waals surface area contributed by atoms with Gasteiger partial charge in [0.1, 0.15) is 6.10 Å². The van der Waals surface area contributed by atoms with Gasteiger partial charge in [0.05, 0.1) is 0 Å². The molecule has 30 heavy (non-hydrogen) atoms. The summed E-state index contributed by atoms with van der Waals surface area (Å²) in [5.74, 6) is 0. The molecule has 1 unspecified atom stereocenters. The lowest BCUT2D eigenvalue weighted by molar-refractivity contribution is -0.185. The Bertz CT molecular complexity index is 527. The molecule has 1 atom stereocenters. The minimum Gasteiger partial charge on any atom is -0.350 e. The van der Waals surface area contributed by atoms with E-state index in [2.05, 4.69) is 76.9 Å². The molecule has 0 bridgehead atoms. The zero-order valence-electron chi connectivity index (χ0n) is 20.8. The molecule has 0 N–H and O–H groups in total.